The van der Waals surface area contributed by atoms with Crippen LogP contribution in [-0.2, 0) is 9.53 Å². The van der Waals surface area contributed by atoms with Gasteiger partial charge in [0.2, 0.25) is 0 Å². The van der Waals surface area contributed by atoms with E-state index in [1.165, 1.54) is 25.5 Å². The molecular weight excluding hydrogens is 328 g/mol. The maximum absolute atomic E-state index is 12.3. The first kappa shape index (κ1) is 16.8. The zero-order chi connectivity index (χ0) is 18.0. The van der Waals surface area contributed by atoms with Crippen molar-refractivity contribution in [2.24, 2.45) is 11.3 Å². The molecule has 1 atom stereocenters. The summed E-state index contributed by atoms with van der Waals surface area (Å²) in [5, 5.41) is 10.1. The fourth-order valence-corrected chi connectivity index (χ4v) is 4.04. The predicted molar refractivity (Wildman–Crippen MR) is 96.5 cm³/mol. The Morgan fingerprint density at radius 1 is 1.27 bits per heavy atom. The van der Waals surface area contributed by atoms with Crippen molar-refractivity contribution in [2.45, 2.75) is 38.5 Å². The molecule has 0 bridgehead atoms. The molecule has 4 rings (SSSR count). The minimum absolute atomic E-state index is 0.0441. The number of carbonyl (C=O) groups excluding carboxylic acids is 1. The van der Waals surface area contributed by atoms with Crippen LogP contribution < -0.4 is 4.74 Å². The topological polar surface area (TPSA) is 72.2 Å². The van der Waals surface area contributed by atoms with Gasteiger partial charge >= 0.3 is 5.97 Å². The molecule has 1 aromatic heterocycles. The van der Waals surface area contributed by atoms with Gasteiger partial charge in [-0.1, -0.05) is 18.6 Å². The Kier molecular flexibility index (Phi) is 4.50. The van der Waals surface area contributed by atoms with Crippen LogP contribution in [0.2, 0.25) is 0 Å². The van der Waals surface area contributed by atoms with Crippen molar-refractivity contribution >= 4 is 16.9 Å². The second-order valence-electron chi connectivity index (χ2n) is 7.44. The molecule has 2 saturated carbocycles. The largest absolute Gasteiger partial charge is 0.488 e. The third kappa shape index (κ3) is 3.37. The monoisotopic (exact) mass is 350 g/mol. The van der Waals surface area contributed by atoms with Crippen LogP contribution in [0.1, 0.15) is 44.1 Å². The van der Waals surface area contributed by atoms with E-state index in [1.54, 1.807) is 0 Å². The summed E-state index contributed by atoms with van der Waals surface area (Å²) in [6.07, 6.45) is 8.38. The number of ether oxygens (including phenoxy) is 2. The normalized spacial score (nSPS) is 20.5. The molecule has 1 aromatic carbocycles. The lowest BCUT2D eigenvalue weighted by molar-refractivity contribution is -0.151. The summed E-state index contributed by atoms with van der Waals surface area (Å²) in [7, 11) is 0. The van der Waals surface area contributed by atoms with E-state index in [0.717, 1.165) is 30.2 Å². The van der Waals surface area contributed by atoms with Crippen molar-refractivity contribution in [3.8, 4) is 11.8 Å². The number of fused-ring (bicyclic) bond motifs is 1. The Balaban J connectivity index is 1.34. The van der Waals surface area contributed by atoms with Gasteiger partial charge in [0.05, 0.1) is 11.4 Å². The number of hydrogen-bond donors (Lipinski definition) is 0. The Morgan fingerprint density at radius 2 is 2.12 bits per heavy atom. The SMILES string of the molecule is N#Cc1cnc2ccccc2c1OCCOC(=O)C1CCCC2(CC2)C1. The Morgan fingerprint density at radius 3 is 2.92 bits per heavy atom. The first-order valence-corrected chi connectivity index (χ1v) is 9.28. The number of benzene rings is 1. The lowest BCUT2D eigenvalue weighted by atomic mass is 9.79. The molecule has 2 aromatic rings. The van der Waals surface area contributed by atoms with Crippen molar-refractivity contribution in [3.63, 3.8) is 0 Å². The summed E-state index contributed by atoms with van der Waals surface area (Å²) in [6, 6.07) is 9.64. The number of esters is 1. The van der Waals surface area contributed by atoms with Gasteiger partial charge in [-0.25, -0.2) is 0 Å². The number of nitriles is 1. The number of nitrogens with zero attached hydrogens (tertiary/aromatic N) is 2. The van der Waals surface area contributed by atoms with Crippen LogP contribution in [0.4, 0.5) is 0 Å². The molecule has 0 radical (unpaired) electrons. The summed E-state index contributed by atoms with van der Waals surface area (Å²) in [6.45, 7) is 0.427. The highest BCUT2D eigenvalue weighted by Crippen LogP contribution is 2.57. The highest BCUT2D eigenvalue weighted by Gasteiger charge is 2.47. The Bertz CT molecular complexity index is 867. The van der Waals surface area contributed by atoms with E-state index < -0.39 is 0 Å². The number of pyridine rings is 1. The highest BCUT2D eigenvalue weighted by molar-refractivity contribution is 5.87. The maximum Gasteiger partial charge on any atom is 0.309 e. The van der Waals surface area contributed by atoms with Gasteiger partial charge in [-0.05, 0) is 49.7 Å². The first-order valence-electron chi connectivity index (χ1n) is 9.28. The fraction of sp³-hybridized carbons (Fsp3) is 0.476. The summed E-state index contributed by atoms with van der Waals surface area (Å²) < 4.78 is 11.2. The molecule has 26 heavy (non-hydrogen) atoms. The van der Waals surface area contributed by atoms with Crippen molar-refractivity contribution in [1.82, 2.24) is 4.98 Å². The number of aromatic nitrogens is 1. The molecule has 0 N–H and O–H groups in total. The molecule has 0 saturated heterocycles. The van der Waals surface area contributed by atoms with E-state index in [0.29, 0.717) is 16.7 Å². The van der Waals surface area contributed by atoms with Gasteiger partial charge in [-0.2, -0.15) is 5.26 Å². The van der Waals surface area contributed by atoms with Crippen molar-refractivity contribution in [2.75, 3.05) is 13.2 Å². The van der Waals surface area contributed by atoms with Crippen molar-refractivity contribution in [1.29, 1.82) is 5.26 Å². The van der Waals surface area contributed by atoms with Gasteiger partial charge in [0, 0.05) is 11.6 Å². The van der Waals surface area contributed by atoms with Crippen LogP contribution in [0, 0.1) is 22.7 Å². The van der Waals surface area contributed by atoms with E-state index in [-0.39, 0.29) is 25.1 Å². The average molecular weight is 350 g/mol. The average Bonchev–Trinajstić information content (AvgIpc) is 3.43. The van der Waals surface area contributed by atoms with Crippen LogP contribution in [0.15, 0.2) is 30.5 Å². The molecule has 1 heterocycles. The molecule has 1 spiro atoms. The molecule has 2 aliphatic carbocycles. The Hall–Kier alpha value is -2.61. The van der Waals surface area contributed by atoms with Gasteiger partial charge in [0.15, 0.2) is 0 Å². The number of para-hydroxylation sites is 1. The van der Waals surface area contributed by atoms with Crippen molar-refractivity contribution < 1.29 is 14.3 Å². The van der Waals surface area contributed by atoms with Crippen molar-refractivity contribution in [3.05, 3.63) is 36.0 Å². The second-order valence-corrected chi connectivity index (χ2v) is 7.44. The predicted octanol–water partition coefficient (Wildman–Crippen LogP) is 4.00. The van der Waals surface area contributed by atoms with Gasteiger partial charge in [-0.15, -0.1) is 0 Å². The van der Waals surface area contributed by atoms with Crippen LogP contribution >= 0.6 is 0 Å². The maximum atomic E-state index is 12.3. The van der Waals surface area contributed by atoms with Crippen LogP contribution in [-0.4, -0.2) is 24.2 Å². The fourth-order valence-electron chi connectivity index (χ4n) is 4.04. The van der Waals surface area contributed by atoms with E-state index in [4.69, 9.17) is 9.47 Å². The van der Waals surface area contributed by atoms with Gasteiger partial charge in [-0.3, -0.25) is 9.78 Å². The molecule has 5 heteroatoms. The van der Waals surface area contributed by atoms with E-state index in [2.05, 4.69) is 11.1 Å². The lowest BCUT2D eigenvalue weighted by Crippen LogP contribution is -2.26. The summed E-state index contributed by atoms with van der Waals surface area (Å²) in [5.41, 5.74) is 1.62. The number of hydrogen-bond acceptors (Lipinski definition) is 5. The second kappa shape index (κ2) is 6.95. The van der Waals surface area contributed by atoms with Gasteiger partial charge < -0.3 is 9.47 Å². The van der Waals surface area contributed by atoms with Gasteiger partial charge in [0.25, 0.3) is 0 Å². The molecule has 1 unspecified atom stereocenters. The van der Waals surface area contributed by atoms with E-state index >= 15 is 0 Å². The molecular formula is C21H22N2O3. The van der Waals surface area contributed by atoms with E-state index in [9.17, 15) is 10.1 Å². The zero-order valence-electron chi connectivity index (χ0n) is 14.7. The smallest absolute Gasteiger partial charge is 0.309 e. The molecule has 2 fully saturated rings. The molecule has 5 nitrogen and oxygen atoms in total. The third-order valence-electron chi connectivity index (χ3n) is 5.65. The minimum atomic E-state index is -0.0975. The lowest BCUT2D eigenvalue weighted by Gasteiger charge is -2.27. The zero-order valence-corrected chi connectivity index (χ0v) is 14.7. The van der Waals surface area contributed by atoms with Crippen LogP contribution in [0.3, 0.4) is 0 Å². The number of rotatable bonds is 5. The third-order valence-corrected chi connectivity index (χ3v) is 5.65. The minimum Gasteiger partial charge on any atom is -0.488 e. The first-order chi connectivity index (χ1) is 12.7. The molecule has 2 aliphatic rings. The standard InChI is InChI=1S/C21H22N2O3/c22-13-16-14-23-18-6-2-1-5-17(18)19(16)25-10-11-26-20(24)15-4-3-7-21(12-15)8-9-21/h1-2,5-6,14-15H,3-4,7-12H2. The van der Waals surface area contributed by atoms with Crippen LogP contribution in [0.25, 0.3) is 10.9 Å². The van der Waals surface area contributed by atoms with Gasteiger partial charge in [0.1, 0.15) is 30.6 Å². The summed E-state index contributed by atoms with van der Waals surface area (Å²) in [5.74, 6) is 0.450. The molecule has 134 valence electrons. The number of carbonyl (C=O) groups is 1. The summed E-state index contributed by atoms with van der Waals surface area (Å²) >= 11 is 0. The Labute approximate surface area is 152 Å². The molecule has 0 aliphatic heterocycles. The quantitative estimate of drug-likeness (QED) is 0.602. The molecule has 0 amide bonds. The van der Waals surface area contributed by atoms with Crippen LogP contribution in [0.5, 0.6) is 5.75 Å². The highest BCUT2D eigenvalue weighted by atomic mass is 16.6. The van der Waals surface area contributed by atoms with E-state index in [1.807, 2.05) is 24.3 Å². The summed E-state index contributed by atoms with van der Waals surface area (Å²) in [4.78, 5) is 16.6.